The highest BCUT2D eigenvalue weighted by molar-refractivity contribution is 5.90. The molecule has 0 atom stereocenters. The van der Waals surface area contributed by atoms with Crippen LogP contribution in [0.15, 0.2) is 24.0 Å². The summed E-state index contributed by atoms with van der Waals surface area (Å²) in [6.07, 6.45) is 4.71. The second-order valence-corrected chi connectivity index (χ2v) is 1.63. The van der Waals surface area contributed by atoms with E-state index in [4.69, 9.17) is 5.11 Å². The van der Waals surface area contributed by atoms with E-state index < -0.39 is 0 Å². The SMILES string of the molecule is C/C=C/C=C(\O)C(C)=O. The van der Waals surface area contributed by atoms with E-state index in [-0.39, 0.29) is 11.5 Å². The fourth-order valence-corrected chi connectivity index (χ4v) is 0.305. The van der Waals surface area contributed by atoms with Crippen LogP contribution in [0.4, 0.5) is 0 Å². The van der Waals surface area contributed by atoms with Crippen molar-refractivity contribution in [1.29, 1.82) is 0 Å². The third-order valence-electron chi connectivity index (χ3n) is 0.807. The average Bonchev–Trinajstić information content (AvgIpc) is 1.82. The lowest BCUT2D eigenvalue weighted by atomic mass is 10.3. The van der Waals surface area contributed by atoms with Crippen molar-refractivity contribution in [2.24, 2.45) is 0 Å². The molecule has 0 unspecified atom stereocenters. The van der Waals surface area contributed by atoms with Gasteiger partial charge >= 0.3 is 0 Å². The predicted octanol–water partition coefficient (Wildman–Crippen LogP) is 1.59. The summed E-state index contributed by atoms with van der Waals surface area (Å²) in [5, 5.41) is 8.72. The van der Waals surface area contributed by atoms with Crippen LogP contribution in [-0.2, 0) is 4.79 Å². The van der Waals surface area contributed by atoms with Crippen molar-refractivity contribution in [2.75, 3.05) is 0 Å². The number of allylic oxidation sites excluding steroid dienone is 4. The molecule has 2 nitrogen and oxygen atoms in total. The summed E-state index contributed by atoms with van der Waals surface area (Å²) in [5.74, 6) is -0.513. The number of aliphatic hydroxyl groups excluding tert-OH is 1. The highest BCUT2D eigenvalue weighted by Crippen LogP contribution is 1.89. The van der Waals surface area contributed by atoms with Gasteiger partial charge in [-0.25, -0.2) is 0 Å². The molecular formula is C7H10O2. The predicted molar refractivity (Wildman–Crippen MR) is 36.2 cm³/mol. The molecule has 0 spiro atoms. The second kappa shape index (κ2) is 3.89. The quantitative estimate of drug-likeness (QED) is 0.346. The summed E-state index contributed by atoms with van der Waals surface area (Å²) in [7, 11) is 0. The van der Waals surface area contributed by atoms with Crippen LogP contribution in [0.2, 0.25) is 0 Å². The maximum Gasteiger partial charge on any atom is 0.194 e. The van der Waals surface area contributed by atoms with E-state index in [9.17, 15) is 4.79 Å². The first-order valence-corrected chi connectivity index (χ1v) is 2.71. The molecule has 9 heavy (non-hydrogen) atoms. The Hall–Kier alpha value is -1.05. The zero-order valence-electron chi connectivity index (χ0n) is 5.59. The van der Waals surface area contributed by atoms with Crippen molar-refractivity contribution in [2.45, 2.75) is 13.8 Å². The maximum atomic E-state index is 10.3. The fourth-order valence-electron chi connectivity index (χ4n) is 0.305. The molecule has 0 aromatic heterocycles. The van der Waals surface area contributed by atoms with Gasteiger partial charge in [-0.3, -0.25) is 4.79 Å². The molecule has 0 bridgehead atoms. The molecular weight excluding hydrogens is 116 g/mol. The van der Waals surface area contributed by atoms with E-state index in [1.54, 1.807) is 12.2 Å². The number of carbonyl (C=O) groups excluding carboxylic acids is 1. The first-order chi connectivity index (χ1) is 4.18. The van der Waals surface area contributed by atoms with Crippen molar-refractivity contribution in [1.82, 2.24) is 0 Å². The van der Waals surface area contributed by atoms with E-state index in [0.717, 1.165) is 0 Å². The van der Waals surface area contributed by atoms with E-state index in [0.29, 0.717) is 0 Å². The Labute approximate surface area is 54.5 Å². The van der Waals surface area contributed by atoms with Crippen LogP contribution >= 0.6 is 0 Å². The lowest BCUT2D eigenvalue weighted by molar-refractivity contribution is -0.115. The van der Waals surface area contributed by atoms with Gasteiger partial charge in [-0.15, -0.1) is 0 Å². The minimum absolute atomic E-state index is 0.201. The Kier molecular flexibility index (Phi) is 3.44. The summed E-state index contributed by atoms with van der Waals surface area (Å²) in [6, 6.07) is 0. The van der Waals surface area contributed by atoms with Gasteiger partial charge in [0.25, 0.3) is 0 Å². The molecule has 0 aliphatic carbocycles. The Morgan fingerprint density at radius 2 is 2.11 bits per heavy atom. The van der Waals surface area contributed by atoms with Gasteiger partial charge in [0.05, 0.1) is 0 Å². The molecule has 0 rings (SSSR count). The van der Waals surface area contributed by atoms with Crippen LogP contribution in [0.3, 0.4) is 0 Å². The number of hydrogen-bond donors (Lipinski definition) is 1. The van der Waals surface area contributed by atoms with Crippen LogP contribution in [0.5, 0.6) is 0 Å². The molecule has 0 aliphatic rings. The first kappa shape index (κ1) is 7.95. The molecule has 0 aliphatic heterocycles. The summed E-state index contributed by atoms with van der Waals surface area (Å²) >= 11 is 0. The van der Waals surface area contributed by atoms with Crippen molar-refractivity contribution in [3.05, 3.63) is 24.0 Å². The Balaban J connectivity index is 4.00. The molecule has 1 N–H and O–H groups in total. The normalized spacial score (nSPS) is 12.4. The topological polar surface area (TPSA) is 37.3 Å². The minimum Gasteiger partial charge on any atom is -0.504 e. The summed E-state index contributed by atoms with van der Waals surface area (Å²) in [6.45, 7) is 3.12. The van der Waals surface area contributed by atoms with E-state index >= 15 is 0 Å². The smallest absolute Gasteiger partial charge is 0.194 e. The van der Waals surface area contributed by atoms with Crippen molar-refractivity contribution < 1.29 is 9.90 Å². The molecule has 0 heterocycles. The van der Waals surface area contributed by atoms with Crippen LogP contribution in [0.1, 0.15) is 13.8 Å². The highest BCUT2D eigenvalue weighted by atomic mass is 16.3. The van der Waals surface area contributed by atoms with Crippen molar-refractivity contribution >= 4 is 5.78 Å². The van der Waals surface area contributed by atoms with Crippen molar-refractivity contribution in [3.63, 3.8) is 0 Å². The number of carbonyl (C=O) groups is 1. The highest BCUT2D eigenvalue weighted by Gasteiger charge is 1.94. The first-order valence-electron chi connectivity index (χ1n) is 2.71. The molecule has 2 heteroatoms. The molecule has 0 amide bonds. The summed E-state index contributed by atoms with van der Waals surface area (Å²) in [4.78, 5) is 10.3. The van der Waals surface area contributed by atoms with E-state index in [1.165, 1.54) is 13.0 Å². The van der Waals surface area contributed by atoms with Gasteiger partial charge in [0.1, 0.15) is 0 Å². The van der Waals surface area contributed by atoms with Gasteiger partial charge in [0, 0.05) is 6.92 Å². The molecule has 0 aromatic carbocycles. The monoisotopic (exact) mass is 126 g/mol. The van der Waals surface area contributed by atoms with Gasteiger partial charge in [-0.2, -0.15) is 0 Å². The van der Waals surface area contributed by atoms with E-state index in [1.807, 2.05) is 6.92 Å². The molecule has 0 saturated heterocycles. The molecule has 0 saturated carbocycles. The second-order valence-electron chi connectivity index (χ2n) is 1.63. The zero-order valence-corrected chi connectivity index (χ0v) is 5.59. The van der Waals surface area contributed by atoms with Crippen LogP contribution in [0.25, 0.3) is 0 Å². The van der Waals surface area contributed by atoms with Crippen LogP contribution < -0.4 is 0 Å². The minimum atomic E-state index is -0.312. The number of ketones is 1. The van der Waals surface area contributed by atoms with Gasteiger partial charge < -0.3 is 5.11 Å². The third-order valence-corrected chi connectivity index (χ3v) is 0.807. The zero-order chi connectivity index (χ0) is 7.28. The van der Waals surface area contributed by atoms with E-state index in [2.05, 4.69) is 0 Å². The lowest BCUT2D eigenvalue weighted by Gasteiger charge is -1.86. The fraction of sp³-hybridized carbons (Fsp3) is 0.286. The Morgan fingerprint density at radius 1 is 1.56 bits per heavy atom. The Bertz CT molecular complexity index is 154. The lowest BCUT2D eigenvalue weighted by Crippen LogP contribution is -1.92. The van der Waals surface area contributed by atoms with Gasteiger partial charge in [-0.1, -0.05) is 12.2 Å². The number of hydrogen-bond acceptors (Lipinski definition) is 2. The third kappa shape index (κ3) is 3.53. The summed E-state index contributed by atoms with van der Waals surface area (Å²) in [5.41, 5.74) is 0. The Morgan fingerprint density at radius 3 is 2.44 bits per heavy atom. The van der Waals surface area contributed by atoms with Gasteiger partial charge in [0.2, 0.25) is 0 Å². The molecule has 0 aromatic rings. The molecule has 0 fully saturated rings. The van der Waals surface area contributed by atoms with Crippen LogP contribution in [0, 0.1) is 0 Å². The number of aliphatic hydroxyl groups is 1. The number of rotatable bonds is 2. The largest absolute Gasteiger partial charge is 0.504 e. The van der Waals surface area contributed by atoms with Gasteiger partial charge in [-0.05, 0) is 13.0 Å². The van der Waals surface area contributed by atoms with Crippen molar-refractivity contribution in [3.8, 4) is 0 Å². The average molecular weight is 126 g/mol. The van der Waals surface area contributed by atoms with Gasteiger partial charge in [0.15, 0.2) is 11.5 Å². The summed E-state index contributed by atoms with van der Waals surface area (Å²) < 4.78 is 0. The maximum absolute atomic E-state index is 10.3. The molecule has 0 radical (unpaired) electrons. The van der Waals surface area contributed by atoms with Crippen LogP contribution in [-0.4, -0.2) is 10.9 Å². The number of Topliss-reactive ketones (excluding diaryl/α,β-unsaturated/α-hetero) is 1. The molecule has 50 valence electrons. The standard InChI is InChI=1S/C7H10O2/c1-3-4-5-7(9)6(2)8/h3-5,9H,1-2H3/b4-3+,7-5-.